The number of fused-ring (bicyclic) bond motifs is 2. The zero-order valence-corrected chi connectivity index (χ0v) is 38.6. The lowest BCUT2D eigenvalue weighted by Gasteiger charge is -2.17. The van der Waals surface area contributed by atoms with Crippen LogP contribution in [0.25, 0.3) is 0 Å². The number of carboxylic acid groups (broad SMARTS) is 1. The number of nitriles is 1. The monoisotopic (exact) mass is 990 g/mol. The van der Waals surface area contributed by atoms with Gasteiger partial charge in [-0.15, -0.1) is 0 Å². The first-order chi connectivity index (χ1) is 34.8. The summed E-state index contributed by atoms with van der Waals surface area (Å²) in [7, 11) is 0. The molecule has 4 saturated heterocycles. The fourth-order valence-corrected chi connectivity index (χ4v) is 7.47. The number of aliphatic hydroxyl groups is 1. The minimum absolute atomic E-state index is 0.0917. The van der Waals surface area contributed by atoms with E-state index < -0.39 is 78.5 Å². The van der Waals surface area contributed by atoms with E-state index in [4.69, 9.17) is 57.7 Å². The van der Waals surface area contributed by atoms with E-state index in [1.165, 1.54) is 12.1 Å². The Labute approximate surface area is 412 Å². The van der Waals surface area contributed by atoms with Crippen LogP contribution in [-0.4, -0.2) is 148 Å². The van der Waals surface area contributed by atoms with Gasteiger partial charge in [-0.2, -0.15) is 5.26 Å². The van der Waals surface area contributed by atoms with E-state index in [0.29, 0.717) is 39.4 Å². The SMILES string of the molecule is C=CC(=O)OCCOc1ccc(C(=O)O)cc1.C=CC(=O)OCCOc1ccc(C(=O)[C@H]2COC3C(OC(=O)c4ccc(N=C)cc4)COC32)cc1.N#Cc1ccc(C(=O)OC2COC3C(O)COC23)cc1. The van der Waals surface area contributed by atoms with E-state index in [1.807, 2.05) is 6.07 Å². The first kappa shape index (κ1) is 53.3. The van der Waals surface area contributed by atoms with Crippen LogP contribution in [0.4, 0.5) is 5.69 Å². The predicted octanol–water partition coefficient (Wildman–Crippen LogP) is 4.68. The standard InChI is InChI=1S/C26H25NO8.C14H13NO5.C12H12O5/c1-3-22(28)32-13-12-31-19-10-6-16(7-11-19)23(29)20-14-33-25-21(15-34-24(20)25)35-26(30)17-4-8-18(27-2)9-5-17;15-5-8-1-3-9(4-2-8)14(17)20-11-7-19-12-10(16)6-18-13(11)12;1-2-11(13)17-8-7-16-10-5-3-9(4-6-10)12(14)15/h3-11,20-21,24-25H,1-2,12-15H2;1-4,10-13,16H,6-7H2;2-6H,1,7-8H2,(H,14,15)/t20-,21?,24?,25?;;/m1../s1. The van der Waals surface area contributed by atoms with Gasteiger partial charge in [0.15, 0.2) is 18.0 Å². The van der Waals surface area contributed by atoms with E-state index >= 15 is 0 Å². The number of Topliss-reactive ketones (excluding diaryl/α,β-unsaturated/α-hetero) is 1. The highest BCUT2D eigenvalue weighted by Gasteiger charge is 2.52. The number of esters is 4. The summed E-state index contributed by atoms with van der Waals surface area (Å²) in [5.74, 6) is -2.57. The number of hydrogen-bond acceptors (Lipinski definition) is 19. The van der Waals surface area contributed by atoms with Gasteiger partial charge in [0.1, 0.15) is 62.3 Å². The highest BCUT2D eigenvalue weighted by Crippen LogP contribution is 2.35. The molecular formula is C52H50N2O18. The van der Waals surface area contributed by atoms with Crippen molar-refractivity contribution in [3.05, 3.63) is 150 Å². The lowest BCUT2D eigenvalue weighted by molar-refractivity contribution is -0.139. The summed E-state index contributed by atoms with van der Waals surface area (Å²) < 4.78 is 53.6. The Morgan fingerprint density at radius 2 is 1.04 bits per heavy atom. The Morgan fingerprint density at radius 3 is 1.53 bits per heavy atom. The first-order valence-corrected chi connectivity index (χ1v) is 22.3. The smallest absolute Gasteiger partial charge is 0.338 e. The molecule has 0 bridgehead atoms. The molecule has 4 aliphatic heterocycles. The van der Waals surface area contributed by atoms with Crippen LogP contribution in [0.5, 0.6) is 11.5 Å². The van der Waals surface area contributed by atoms with Crippen LogP contribution >= 0.6 is 0 Å². The second-order valence-electron chi connectivity index (χ2n) is 15.8. The van der Waals surface area contributed by atoms with Crippen molar-refractivity contribution in [1.82, 2.24) is 0 Å². The fourth-order valence-electron chi connectivity index (χ4n) is 7.47. The molecule has 0 spiro atoms. The number of hydrogen-bond donors (Lipinski definition) is 2. The molecule has 2 N–H and O–H groups in total. The van der Waals surface area contributed by atoms with Gasteiger partial charge in [-0.1, -0.05) is 13.2 Å². The van der Waals surface area contributed by atoms with Crippen molar-refractivity contribution in [1.29, 1.82) is 5.26 Å². The fraction of sp³-hybridized carbons (Fsp3) is 0.308. The molecule has 4 heterocycles. The lowest BCUT2D eigenvalue weighted by atomic mass is 9.92. The number of benzene rings is 4. The van der Waals surface area contributed by atoms with Crippen molar-refractivity contribution in [3.8, 4) is 17.6 Å². The number of aliphatic imine (C=N–C) groups is 1. The number of aromatic carboxylic acids is 1. The molecule has 4 aromatic carbocycles. The van der Waals surface area contributed by atoms with Crippen molar-refractivity contribution in [3.63, 3.8) is 0 Å². The van der Waals surface area contributed by atoms with Crippen LogP contribution < -0.4 is 9.47 Å². The maximum atomic E-state index is 13.1. The van der Waals surface area contributed by atoms with Gasteiger partial charge in [0.05, 0.1) is 72.5 Å². The summed E-state index contributed by atoms with van der Waals surface area (Å²) in [4.78, 5) is 73.7. The number of ketones is 1. The van der Waals surface area contributed by atoms with Crippen LogP contribution in [-0.2, 0) is 47.5 Å². The minimum atomic E-state index is -0.989. The van der Waals surface area contributed by atoms with Crippen molar-refractivity contribution < 1.29 is 86.3 Å². The van der Waals surface area contributed by atoms with Gasteiger partial charge in [0, 0.05) is 17.7 Å². The highest BCUT2D eigenvalue weighted by atomic mass is 16.6. The normalized spacial score (nSPS) is 22.0. The molecule has 4 aromatic rings. The van der Waals surface area contributed by atoms with E-state index in [-0.39, 0.29) is 64.2 Å². The number of carboxylic acids is 1. The summed E-state index contributed by atoms with van der Waals surface area (Å²) in [6, 6.07) is 27.4. The quantitative estimate of drug-likeness (QED) is 0.0342. The molecular weight excluding hydrogens is 941 g/mol. The summed E-state index contributed by atoms with van der Waals surface area (Å²) in [6.45, 7) is 11.3. The minimum Gasteiger partial charge on any atom is -0.490 e. The molecule has 20 nitrogen and oxygen atoms in total. The largest absolute Gasteiger partial charge is 0.490 e. The number of carbonyl (C=O) groups excluding carboxylic acids is 5. The number of nitrogens with zero attached hydrogens (tertiary/aromatic N) is 2. The average molecular weight is 991 g/mol. The third-order valence-electron chi connectivity index (χ3n) is 11.1. The van der Waals surface area contributed by atoms with E-state index in [0.717, 1.165) is 12.2 Å². The number of carbonyl (C=O) groups is 6. The predicted molar refractivity (Wildman–Crippen MR) is 251 cm³/mol. The van der Waals surface area contributed by atoms with Crippen LogP contribution in [0.1, 0.15) is 47.0 Å². The molecule has 8 rings (SSSR count). The zero-order chi connectivity index (χ0) is 51.6. The summed E-state index contributed by atoms with van der Waals surface area (Å²) in [6.07, 6.45) is -1.47. The van der Waals surface area contributed by atoms with E-state index in [1.54, 1.807) is 84.9 Å². The Bertz CT molecular complexity index is 2590. The lowest BCUT2D eigenvalue weighted by Crippen LogP contribution is -2.34. The molecule has 0 saturated carbocycles. The molecule has 4 fully saturated rings. The summed E-state index contributed by atoms with van der Waals surface area (Å²) in [5.41, 5.74) is 2.56. The molecule has 0 aromatic heterocycles. The van der Waals surface area contributed by atoms with Gasteiger partial charge >= 0.3 is 29.8 Å². The van der Waals surface area contributed by atoms with Crippen molar-refractivity contribution >= 4 is 48.0 Å². The second kappa shape index (κ2) is 26.2. The van der Waals surface area contributed by atoms with Crippen LogP contribution in [0.2, 0.25) is 0 Å². The van der Waals surface area contributed by atoms with Crippen molar-refractivity contribution in [2.75, 3.05) is 52.9 Å². The van der Waals surface area contributed by atoms with E-state index in [2.05, 4.69) is 24.9 Å². The molecule has 376 valence electrons. The molecule has 0 aliphatic carbocycles. The van der Waals surface area contributed by atoms with Gasteiger partial charge in [0.2, 0.25) is 0 Å². The Balaban J connectivity index is 0.000000194. The van der Waals surface area contributed by atoms with Gasteiger partial charge in [-0.25, -0.2) is 24.0 Å². The van der Waals surface area contributed by atoms with Gasteiger partial charge in [0.25, 0.3) is 0 Å². The number of rotatable bonds is 18. The molecule has 20 heteroatoms. The van der Waals surface area contributed by atoms with Gasteiger partial charge in [-0.05, 0) is 104 Å². The summed E-state index contributed by atoms with van der Waals surface area (Å²) in [5, 5.41) is 27.0. The van der Waals surface area contributed by atoms with Crippen LogP contribution in [0, 0.1) is 17.2 Å². The second-order valence-corrected chi connectivity index (χ2v) is 15.8. The summed E-state index contributed by atoms with van der Waals surface area (Å²) >= 11 is 0. The van der Waals surface area contributed by atoms with Crippen LogP contribution in [0.15, 0.2) is 127 Å². The van der Waals surface area contributed by atoms with Gasteiger partial charge in [-0.3, -0.25) is 9.79 Å². The van der Waals surface area contributed by atoms with Gasteiger partial charge < -0.3 is 57.6 Å². The Morgan fingerprint density at radius 1 is 0.597 bits per heavy atom. The number of ether oxygens (including phenoxy) is 10. The van der Waals surface area contributed by atoms with E-state index in [9.17, 15) is 33.9 Å². The Hall–Kier alpha value is -8.06. The maximum absolute atomic E-state index is 13.1. The molecule has 0 amide bonds. The number of aliphatic hydroxyl groups excluding tert-OH is 1. The third-order valence-corrected chi connectivity index (χ3v) is 11.1. The molecule has 7 unspecified atom stereocenters. The topological polar surface area (TPSA) is 271 Å². The average Bonchev–Trinajstić information content (AvgIpc) is 4.21. The maximum Gasteiger partial charge on any atom is 0.338 e. The highest BCUT2D eigenvalue weighted by molar-refractivity contribution is 5.99. The molecule has 72 heavy (non-hydrogen) atoms. The Kier molecular flexibility index (Phi) is 19.4. The first-order valence-electron chi connectivity index (χ1n) is 22.3. The third kappa shape index (κ3) is 14.5. The van der Waals surface area contributed by atoms with Crippen LogP contribution in [0.3, 0.4) is 0 Å². The molecule has 8 atom stereocenters. The van der Waals surface area contributed by atoms with Crippen molar-refractivity contribution in [2.24, 2.45) is 10.9 Å². The molecule has 4 aliphatic rings. The zero-order valence-electron chi connectivity index (χ0n) is 38.6. The molecule has 0 radical (unpaired) electrons. The van der Waals surface area contributed by atoms with Crippen molar-refractivity contribution in [2.45, 2.75) is 42.7 Å².